The van der Waals surface area contributed by atoms with Gasteiger partial charge in [-0.1, -0.05) is 6.07 Å². The van der Waals surface area contributed by atoms with Crippen LogP contribution in [0, 0.1) is 10.1 Å². The number of nitro groups is 1. The summed E-state index contributed by atoms with van der Waals surface area (Å²) < 4.78 is 15.6. The summed E-state index contributed by atoms with van der Waals surface area (Å²) in [5.41, 5.74) is 3.70. The number of hydrazone groups is 1. The highest BCUT2D eigenvalue weighted by Gasteiger charge is 2.21. The number of anilines is 1. The summed E-state index contributed by atoms with van der Waals surface area (Å²) in [7, 11) is 2.98. The molecule has 0 aromatic heterocycles. The number of carbonyl (C=O) groups excluding carboxylic acids is 1. The Kier molecular flexibility index (Phi) is 6.81. The predicted molar refractivity (Wildman–Crippen MR) is 111 cm³/mol. The number of nitrogens with one attached hydrogen (secondary N) is 1. The number of morpholine rings is 1. The minimum Gasteiger partial charge on any atom is -0.497 e. The molecule has 0 atom stereocenters. The van der Waals surface area contributed by atoms with Gasteiger partial charge in [-0.15, -0.1) is 0 Å². The van der Waals surface area contributed by atoms with Gasteiger partial charge in [-0.2, -0.15) is 5.10 Å². The molecule has 0 saturated carbocycles. The molecule has 1 N–H and O–H groups in total. The van der Waals surface area contributed by atoms with Crippen molar-refractivity contribution in [1.29, 1.82) is 0 Å². The van der Waals surface area contributed by atoms with Gasteiger partial charge in [-0.3, -0.25) is 14.9 Å². The number of nitrogens with zero attached hydrogens (tertiary/aromatic N) is 3. The van der Waals surface area contributed by atoms with Crippen molar-refractivity contribution < 1.29 is 23.9 Å². The molecule has 2 aromatic rings. The van der Waals surface area contributed by atoms with E-state index >= 15 is 0 Å². The number of methoxy groups -OCH3 is 2. The van der Waals surface area contributed by atoms with Gasteiger partial charge in [0.25, 0.3) is 11.6 Å². The molecule has 1 amide bonds. The fraction of sp³-hybridized carbons (Fsp3) is 0.300. The molecule has 3 rings (SSSR count). The number of amides is 1. The molecule has 30 heavy (non-hydrogen) atoms. The van der Waals surface area contributed by atoms with E-state index in [1.807, 2.05) is 4.90 Å². The first-order valence-corrected chi connectivity index (χ1v) is 9.19. The van der Waals surface area contributed by atoms with Crippen molar-refractivity contribution >= 4 is 23.5 Å². The Morgan fingerprint density at radius 2 is 1.83 bits per heavy atom. The number of carbonyl (C=O) groups is 1. The zero-order chi connectivity index (χ0) is 21.5. The molecule has 10 heteroatoms. The van der Waals surface area contributed by atoms with Gasteiger partial charge < -0.3 is 19.1 Å². The lowest BCUT2D eigenvalue weighted by Gasteiger charge is -2.28. The number of nitro benzene ring substituents is 1. The van der Waals surface area contributed by atoms with Gasteiger partial charge in [0, 0.05) is 36.3 Å². The molecule has 1 aliphatic rings. The van der Waals surface area contributed by atoms with E-state index in [4.69, 9.17) is 14.2 Å². The molecular formula is C20H22N4O6. The van der Waals surface area contributed by atoms with Gasteiger partial charge in [0.05, 0.1) is 38.6 Å². The summed E-state index contributed by atoms with van der Waals surface area (Å²) in [4.78, 5) is 25.3. The largest absolute Gasteiger partial charge is 0.497 e. The molecule has 0 unspecified atom stereocenters. The van der Waals surface area contributed by atoms with Crippen LogP contribution in [0.2, 0.25) is 0 Å². The lowest BCUT2D eigenvalue weighted by Crippen LogP contribution is -2.36. The second-order valence-electron chi connectivity index (χ2n) is 6.41. The van der Waals surface area contributed by atoms with Crippen LogP contribution in [-0.2, 0) is 4.74 Å². The molecule has 1 aliphatic heterocycles. The monoisotopic (exact) mass is 414 g/mol. The van der Waals surface area contributed by atoms with Crippen molar-refractivity contribution in [1.82, 2.24) is 5.43 Å². The molecule has 1 heterocycles. The van der Waals surface area contributed by atoms with Gasteiger partial charge in [0.1, 0.15) is 17.2 Å². The van der Waals surface area contributed by atoms with Crippen LogP contribution in [-0.4, -0.2) is 57.6 Å². The third kappa shape index (κ3) is 5.03. The average Bonchev–Trinajstić information content (AvgIpc) is 2.79. The van der Waals surface area contributed by atoms with Gasteiger partial charge in [-0.25, -0.2) is 5.43 Å². The van der Waals surface area contributed by atoms with E-state index in [0.29, 0.717) is 54.6 Å². The standard InChI is InChI=1S/C20H22N4O6/c1-28-16-10-15(11-17(12-16)29-2)20(25)22-21-13-14-3-4-18(19(9-14)24(26)27)23-5-7-30-8-6-23/h3-4,9-13H,5-8H2,1-2H3,(H,22,25)/b21-13+. The molecule has 0 aliphatic carbocycles. The van der Waals surface area contributed by atoms with Crippen LogP contribution in [0.25, 0.3) is 0 Å². The Balaban J connectivity index is 1.73. The van der Waals surface area contributed by atoms with E-state index in [0.717, 1.165) is 0 Å². The van der Waals surface area contributed by atoms with Gasteiger partial charge in [0.2, 0.25) is 0 Å². The Morgan fingerprint density at radius 1 is 1.17 bits per heavy atom. The lowest BCUT2D eigenvalue weighted by molar-refractivity contribution is -0.384. The quantitative estimate of drug-likeness (QED) is 0.419. The fourth-order valence-corrected chi connectivity index (χ4v) is 3.01. The van der Waals surface area contributed by atoms with Gasteiger partial charge in [-0.05, 0) is 18.2 Å². The molecule has 1 fully saturated rings. The Labute approximate surface area is 173 Å². The molecule has 158 valence electrons. The van der Waals surface area contributed by atoms with E-state index in [-0.39, 0.29) is 5.69 Å². The minimum absolute atomic E-state index is 0.0234. The van der Waals surface area contributed by atoms with Crippen LogP contribution >= 0.6 is 0 Å². The zero-order valence-electron chi connectivity index (χ0n) is 16.7. The van der Waals surface area contributed by atoms with Crippen LogP contribution in [0.5, 0.6) is 11.5 Å². The third-order valence-electron chi connectivity index (χ3n) is 4.54. The lowest BCUT2D eigenvalue weighted by atomic mass is 10.1. The molecule has 0 radical (unpaired) electrons. The number of ether oxygens (including phenoxy) is 3. The molecule has 1 saturated heterocycles. The Bertz CT molecular complexity index is 934. The van der Waals surface area contributed by atoms with Crippen LogP contribution in [0.3, 0.4) is 0 Å². The second kappa shape index (κ2) is 9.70. The SMILES string of the molecule is COc1cc(OC)cc(C(=O)N/N=C/c2ccc(N3CCOCC3)c([N+](=O)[O-])c2)c1. The van der Waals surface area contributed by atoms with Crippen LogP contribution in [0.15, 0.2) is 41.5 Å². The summed E-state index contributed by atoms with van der Waals surface area (Å²) in [6.45, 7) is 2.24. The first-order valence-electron chi connectivity index (χ1n) is 9.19. The Morgan fingerprint density at radius 3 is 2.43 bits per heavy atom. The van der Waals surface area contributed by atoms with Gasteiger partial charge in [0.15, 0.2) is 0 Å². The molecule has 0 bridgehead atoms. The maximum atomic E-state index is 12.3. The highest BCUT2D eigenvalue weighted by molar-refractivity contribution is 5.95. The number of hydrogen-bond acceptors (Lipinski definition) is 8. The van der Waals surface area contributed by atoms with Crippen LogP contribution < -0.4 is 19.8 Å². The van der Waals surface area contributed by atoms with Crippen molar-refractivity contribution in [3.05, 3.63) is 57.6 Å². The van der Waals surface area contributed by atoms with Crippen molar-refractivity contribution in [3.63, 3.8) is 0 Å². The van der Waals surface area contributed by atoms with Crippen molar-refractivity contribution in [3.8, 4) is 11.5 Å². The Hall–Kier alpha value is -3.66. The molecule has 2 aromatic carbocycles. The first kappa shape index (κ1) is 21.1. The highest BCUT2D eigenvalue weighted by atomic mass is 16.6. The molecular weight excluding hydrogens is 392 g/mol. The van der Waals surface area contributed by atoms with Crippen LogP contribution in [0.4, 0.5) is 11.4 Å². The smallest absolute Gasteiger partial charge is 0.293 e. The highest BCUT2D eigenvalue weighted by Crippen LogP contribution is 2.29. The normalized spacial score (nSPS) is 13.9. The second-order valence-corrected chi connectivity index (χ2v) is 6.41. The number of rotatable bonds is 7. The maximum Gasteiger partial charge on any atom is 0.293 e. The first-order chi connectivity index (χ1) is 14.5. The van der Waals surface area contributed by atoms with E-state index in [1.54, 1.807) is 30.3 Å². The van der Waals surface area contributed by atoms with E-state index < -0.39 is 10.8 Å². The van der Waals surface area contributed by atoms with Gasteiger partial charge >= 0.3 is 0 Å². The average molecular weight is 414 g/mol. The summed E-state index contributed by atoms with van der Waals surface area (Å²) in [6, 6.07) is 9.57. The van der Waals surface area contributed by atoms with E-state index in [9.17, 15) is 14.9 Å². The summed E-state index contributed by atoms with van der Waals surface area (Å²) in [6.07, 6.45) is 1.35. The third-order valence-corrected chi connectivity index (χ3v) is 4.54. The predicted octanol–water partition coefficient (Wildman–Crippen LogP) is 2.21. The van der Waals surface area contributed by atoms with Crippen LogP contribution in [0.1, 0.15) is 15.9 Å². The summed E-state index contributed by atoms with van der Waals surface area (Å²) in [5, 5.41) is 15.4. The van der Waals surface area contributed by atoms with E-state index in [2.05, 4.69) is 10.5 Å². The number of benzene rings is 2. The molecule has 0 spiro atoms. The topological polar surface area (TPSA) is 116 Å². The van der Waals surface area contributed by atoms with Crippen molar-refractivity contribution in [2.24, 2.45) is 5.10 Å². The summed E-state index contributed by atoms with van der Waals surface area (Å²) >= 11 is 0. The maximum absolute atomic E-state index is 12.3. The fourth-order valence-electron chi connectivity index (χ4n) is 3.01. The molecule has 10 nitrogen and oxygen atoms in total. The zero-order valence-corrected chi connectivity index (χ0v) is 16.7. The summed E-state index contributed by atoms with van der Waals surface area (Å²) in [5.74, 6) is 0.471. The van der Waals surface area contributed by atoms with Crippen molar-refractivity contribution in [2.75, 3.05) is 45.4 Å². The van der Waals surface area contributed by atoms with E-state index in [1.165, 1.54) is 26.5 Å². The van der Waals surface area contributed by atoms with Crippen molar-refractivity contribution in [2.45, 2.75) is 0 Å². The minimum atomic E-state index is -0.470. The number of hydrogen-bond donors (Lipinski definition) is 1.